The molecule has 0 N–H and O–H groups in total. The molecule has 14 heavy (non-hydrogen) atoms. The predicted octanol–water partition coefficient (Wildman–Crippen LogP) is 2.66. The zero-order valence-electron chi connectivity index (χ0n) is 9.10. The molecule has 0 aromatic heterocycles. The van der Waals surface area contributed by atoms with Gasteiger partial charge in [-0.25, -0.2) is 0 Å². The number of rotatable bonds is 3. The van der Waals surface area contributed by atoms with Crippen molar-refractivity contribution in [3.8, 4) is 0 Å². The topological polar surface area (TPSA) is 52.4 Å². The van der Waals surface area contributed by atoms with E-state index >= 15 is 0 Å². The summed E-state index contributed by atoms with van der Waals surface area (Å²) in [4.78, 5) is 15.1. The highest BCUT2D eigenvalue weighted by Gasteiger charge is 2.33. The molecular formula is C10H19NO3. The van der Waals surface area contributed by atoms with Crippen LogP contribution in [-0.2, 0) is 4.84 Å². The van der Waals surface area contributed by atoms with Crippen LogP contribution in [-0.4, -0.2) is 11.2 Å². The van der Waals surface area contributed by atoms with Crippen molar-refractivity contribution in [1.82, 2.24) is 0 Å². The van der Waals surface area contributed by atoms with E-state index in [1.54, 1.807) is 0 Å². The Balaban J connectivity index is 2.58. The molecule has 1 fully saturated rings. The van der Waals surface area contributed by atoms with Crippen LogP contribution in [0.25, 0.3) is 0 Å². The van der Waals surface area contributed by atoms with Crippen LogP contribution in [0.3, 0.4) is 0 Å². The third kappa shape index (κ3) is 2.86. The van der Waals surface area contributed by atoms with E-state index in [2.05, 4.69) is 20.8 Å². The molecule has 1 aliphatic carbocycles. The quantitative estimate of drug-likeness (QED) is 0.521. The van der Waals surface area contributed by atoms with E-state index in [9.17, 15) is 10.1 Å². The van der Waals surface area contributed by atoms with E-state index in [1.165, 1.54) is 6.42 Å². The van der Waals surface area contributed by atoms with Gasteiger partial charge in [0.25, 0.3) is 5.09 Å². The number of nitrogens with zero attached hydrogens (tertiary/aromatic N) is 1. The van der Waals surface area contributed by atoms with Gasteiger partial charge in [-0.15, -0.1) is 10.1 Å². The van der Waals surface area contributed by atoms with Crippen molar-refractivity contribution < 1.29 is 9.92 Å². The van der Waals surface area contributed by atoms with Crippen molar-refractivity contribution in [2.24, 2.45) is 17.8 Å². The van der Waals surface area contributed by atoms with Crippen LogP contribution >= 0.6 is 0 Å². The summed E-state index contributed by atoms with van der Waals surface area (Å²) in [6.07, 6.45) is 2.86. The molecule has 1 aliphatic rings. The maximum absolute atomic E-state index is 10.3. The molecule has 0 aliphatic heterocycles. The van der Waals surface area contributed by atoms with Crippen molar-refractivity contribution in [3.63, 3.8) is 0 Å². The van der Waals surface area contributed by atoms with Gasteiger partial charge in [-0.1, -0.05) is 27.2 Å². The minimum atomic E-state index is -0.641. The van der Waals surface area contributed by atoms with Crippen LogP contribution in [0.15, 0.2) is 0 Å². The first kappa shape index (κ1) is 11.3. The Kier molecular flexibility index (Phi) is 3.72. The second kappa shape index (κ2) is 4.62. The van der Waals surface area contributed by atoms with Crippen LogP contribution in [0.5, 0.6) is 0 Å². The molecule has 4 heteroatoms. The van der Waals surface area contributed by atoms with Crippen molar-refractivity contribution in [2.45, 2.75) is 46.1 Å². The van der Waals surface area contributed by atoms with Crippen LogP contribution in [0.2, 0.25) is 0 Å². The molecule has 0 saturated heterocycles. The second-order valence-corrected chi connectivity index (χ2v) is 4.69. The van der Waals surface area contributed by atoms with Gasteiger partial charge in [-0.05, 0) is 30.6 Å². The zero-order valence-corrected chi connectivity index (χ0v) is 9.10. The standard InChI is InChI=1S/C10H19NO3/c1-7(2)9-5-4-8(3)6-10(9)14-11(12)13/h7-10H,4-6H2,1-3H3. The van der Waals surface area contributed by atoms with E-state index in [0.29, 0.717) is 17.8 Å². The Morgan fingerprint density at radius 1 is 1.43 bits per heavy atom. The van der Waals surface area contributed by atoms with Crippen molar-refractivity contribution in [3.05, 3.63) is 10.1 Å². The Morgan fingerprint density at radius 3 is 2.57 bits per heavy atom. The molecule has 0 radical (unpaired) electrons. The van der Waals surface area contributed by atoms with Crippen molar-refractivity contribution in [2.75, 3.05) is 0 Å². The maximum Gasteiger partial charge on any atom is 0.294 e. The van der Waals surface area contributed by atoms with Gasteiger partial charge in [0.15, 0.2) is 0 Å². The average Bonchev–Trinajstić information content (AvgIpc) is 2.01. The van der Waals surface area contributed by atoms with E-state index < -0.39 is 5.09 Å². The molecule has 82 valence electrons. The van der Waals surface area contributed by atoms with Crippen molar-refractivity contribution in [1.29, 1.82) is 0 Å². The van der Waals surface area contributed by atoms with Gasteiger partial charge in [0.2, 0.25) is 0 Å². The highest BCUT2D eigenvalue weighted by molar-refractivity contribution is 4.80. The zero-order chi connectivity index (χ0) is 10.7. The fraction of sp³-hybridized carbons (Fsp3) is 1.00. The highest BCUT2D eigenvalue weighted by Crippen LogP contribution is 2.35. The summed E-state index contributed by atoms with van der Waals surface area (Å²) in [7, 11) is 0. The molecule has 0 amide bonds. The molecule has 1 rings (SSSR count). The Labute approximate surface area is 84.7 Å². The lowest BCUT2D eigenvalue weighted by Crippen LogP contribution is -2.35. The monoisotopic (exact) mass is 201 g/mol. The molecule has 0 heterocycles. The Hall–Kier alpha value is -0.800. The van der Waals surface area contributed by atoms with E-state index in [0.717, 1.165) is 12.8 Å². The average molecular weight is 201 g/mol. The first-order chi connectivity index (χ1) is 6.50. The molecule has 0 bridgehead atoms. The number of hydrogen-bond acceptors (Lipinski definition) is 3. The Morgan fingerprint density at radius 2 is 2.07 bits per heavy atom. The summed E-state index contributed by atoms with van der Waals surface area (Å²) >= 11 is 0. The summed E-state index contributed by atoms with van der Waals surface area (Å²) in [6.45, 7) is 6.35. The van der Waals surface area contributed by atoms with Crippen molar-refractivity contribution >= 4 is 0 Å². The van der Waals surface area contributed by atoms with Gasteiger partial charge in [0.1, 0.15) is 6.10 Å². The molecule has 0 aromatic rings. The number of hydrogen-bond donors (Lipinski definition) is 0. The summed E-state index contributed by atoms with van der Waals surface area (Å²) in [5.74, 6) is 1.36. The summed E-state index contributed by atoms with van der Waals surface area (Å²) < 4.78 is 0. The van der Waals surface area contributed by atoms with Crippen LogP contribution < -0.4 is 0 Å². The van der Waals surface area contributed by atoms with Crippen LogP contribution in [0.4, 0.5) is 0 Å². The lowest BCUT2D eigenvalue weighted by atomic mass is 9.75. The normalized spacial score (nSPS) is 33.0. The van der Waals surface area contributed by atoms with E-state index in [1.807, 2.05) is 0 Å². The van der Waals surface area contributed by atoms with Gasteiger partial charge < -0.3 is 4.84 Å². The molecular weight excluding hydrogens is 182 g/mol. The van der Waals surface area contributed by atoms with Gasteiger partial charge in [-0.3, -0.25) is 0 Å². The maximum atomic E-state index is 10.3. The van der Waals surface area contributed by atoms with Gasteiger partial charge >= 0.3 is 0 Å². The lowest BCUT2D eigenvalue weighted by molar-refractivity contribution is -0.771. The lowest BCUT2D eigenvalue weighted by Gasteiger charge is -2.35. The molecule has 3 unspecified atom stereocenters. The molecule has 1 saturated carbocycles. The molecule has 4 nitrogen and oxygen atoms in total. The first-order valence-electron chi connectivity index (χ1n) is 5.32. The Bertz CT molecular complexity index is 206. The van der Waals surface area contributed by atoms with E-state index in [4.69, 9.17) is 4.84 Å². The third-order valence-corrected chi connectivity index (χ3v) is 3.18. The smallest absolute Gasteiger partial charge is 0.294 e. The summed E-state index contributed by atoms with van der Waals surface area (Å²) in [6, 6.07) is 0. The minimum absolute atomic E-state index is 0.186. The second-order valence-electron chi connectivity index (χ2n) is 4.69. The van der Waals surface area contributed by atoms with Gasteiger partial charge in [0, 0.05) is 0 Å². The largest absolute Gasteiger partial charge is 0.310 e. The fourth-order valence-corrected chi connectivity index (χ4v) is 2.35. The minimum Gasteiger partial charge on any atom is -0.310 e. The summed E-state index contributed by atoms with van der Waals surface area (Å²) in [5.41, 5.74) is 0. The molecule has 0 aromatic carbocycles. The van der Waals surface area contributed by atoms with Crippen LogP contribution in [0.1, 0.15) is 40.0 Å². The SMILES string of the molecule is CC1CCC(C(C)C)C(O[N+](=O)[O-])C1. The van der Waals surface area contributed by atoms with Gasteiger partial charge in [-0.2, -0.15) is 0 Å². The van der Waals surface area contributed by atoms with E-state index in [-0.39, 0.29) is 6.10 Å². The first-order valence-corrected chi connectivity index (χ1v) is 5.32. The van der Waals surface area contributed by atoms with Crippen LogP contribution in [0, 0.1) is 27.9 Å². The third-order valence-electron chi connectivity index (χ3n) is 3.18. The molecule has 3 atom stereocenters. The predicted molar refractivity (Wildman–Crippen MR) is 53.2 cm³/mol. The molecule has 0 spiro atoms. The van der Waals surface area contributed by atoms with Gasteiger partial charge in [0.05, 0.1) is 0 Å². The fourth-order valence-electron chi connectivity index (χ4n) is 2.35. The highest BCUT2D eigenvalue weighted by atomic mass is 17.0. The summed E-state index contributed by atoms with van der Waals surface area (Å²) in [5, 5.41) is 9.68.